The zero-order valence-corrected chi connectivity index (χ0v) is 7.44. The lowest BCUT2D eigenvalue weighted by Crippen LogP contribution is -2.53. The van der Waals surface area contributed by atoms with Crippen LogP contribution in [-0.4, -0.2) is 29.1 Å². The standard InChI is InChI=1S/C8H13F2NO2/c1-7(3-2-4-7)11-5-8(9,10)6(12)13/h11H,2-5H2,1H3,(H,12,13). The Bertz CT molecular complexity index is 214. The second-order valence-electron chi connectivity index (χ2n) is 3.78. The zero-order chi connectivity index (χ0) is 10.1. The van der Waals surface area contributed by atoms with Gasteiger partial charge in [-0.25, -0.2) is 4.79 Å². The van der Waals surface area contributed by atoms with Gasteiger partial charge < -0.3 is 10.4 Å². The first-order valence-electron chi connectivity index (χ1n) is 4.22. The zero-order valence-electron chi connectivity index (χ0n) is 7.44. The molecule has 13 heavy (non-hydrogen) atoms. The van der Waals surface area contributed by atoms with Crippen LogP contribution < -0.4 is 5.32 Å². The van der Waals surface area contributed by atoms with Crippen LogP contribution in [0.3, 0.4) is 0 Å². The molecule has 5 heteroatoms. The molecule has 0 aromatic heterocycles. The van der Waals surface area contributed by atoms with Crippen LogP contribution in [0.5, 0.6) is 0 Å². The van der Waals surface area contributed by atoms with Crippen molar-refractivity contribution in [3.63, 3.8) is 0 Å². The molecule has 76 valence electrons. The van der Waals surface area contributed by atoms with Crippen molar-refractivity contribution in [1.82, 2.24) is 5.32 Å². The number of aliphatic carboxylic acids is 1. The first kappa shape index (κ1) is 10.4. The highest BCUT2D eigenvalue weighted by molar-refractivity contribution is 5.75. The van der Waals surface area contributed by atoms with Crippen LogP contribution in [0.1, 0.15) is 26.2 Å². The van der Waals surface area contributed by atoms with Crippen molar-refractivity contribution in [1.29, 1.82) is 0 Å². The number of rotatable bonds is 4. The third kappa shape index (κ3) is 2.37. The Morgan fingerprint density at radius 2 is 2.15 bits per heavy atom. The molecule has 1 fully saturated rings. The fourth-order valence-electron chi connectivity index (χ4n) is 1.28. The number of carboxylic acids is 1. The number of carboxylic acid groups (broad SMARTS) is 1. The van der Waals surface area contributed by atoms with Gasteiger partial charge in [-0.05, 0) is 26.2 Å². The van der Waals surface area contributed by atoms with E-state index in [4.69, 9.17) is 5.11 Å². The number of carbonyl (C=O) groups is 1. The molecule has 0 heterocycles. The third-order valence-corrected chi connectivity index (χ3v) is 2.51. The lowest BCUT2D eigenvalue weighted by atomic mass is 9.78. The molecule has 0 aromatic rings. The highest BCUT2D eigenvalue weighted by atomic mass is 19.3. The molecule has 0 radical (unpaired) electrons. The van der Waals surface area contributed by atoms with Crippen molar-refractivity contribution in [3.8, 4) is 0 Å². The summed E-state index contributed by atoms with van der Waals surface area (Å²) in [7, 11) is 0. The number of hydrogen-bond donors (Lipinski definition) is 2. The van der Waals surface area contributed by atoms with Gasteiger partial charge in [0.05, 0.1) is 6.54 Å². The summed E-state index contributed by atoms with van der Waals surface area (Å²) >= 11 is 0. The van der Waals surface area contributed by atoms with E-state index < -0.39 is 18.4 Å². The number of halogens is 2. The molecular formula is C8H13F2NO2. The minimum absolute atomic E-state index is 0.279. The monoisotopic (exact) mass is 193 g/mol. The normalized spacial score (nSPS) is 20.8. The van der Waals surface area contributed by atoms with E-state index in [0.717, 1.165) is 19.3 Å². The summed E-state index contributed by atoms with van der Waals surface area (Å²) in [5.74, 6) is -5.72. The fraction of sp³-hybridized carbons (Fsp3) is 0.875. The van der Waals surface area contributed by atoms with Crippen molar-refractivity contribution < 1.29 is 18.7 Å². The fourth-order valence-corrected chi connectivity index (χ4v) is 1.28. The van der Waals surface area contributed by atoms with E-state index in [2.05, 4.69) is 5.32 Å². The van der Waals surface area contributed by atoms with Crippen LogP contribution in [0.15, 0.2) is 0 Å². The molecule has 1 rings (SSSR count). The van der Waals surface area contributed by atoms with E-state index >= 15 is 0 Å². The molecule has 1 aliphatic rings. The summed E-state index contributed by atoms with van der Waals surface area (Å²) in [6.45, 7) is 1.05. The van der Waals surface area contributed by atoms with Gasteiger partial charge in [0.15, 0.2) is 0 Å². The highest BCUT2D eigenvalue weighted by Crippen LogP contribution is 2.31. The second-order valence-corrected chi connectivity index (χ2v) is 3.78. The lowest BCUT2D eigenvalue weighted by molar-refractivity contribution is -0.164. The maximum atomic E-state index is 12.6. The average molecular weight is 193 g/mol. The summed E-state index contributed by atoms with van der Waals surface area (Å²) in [6.07, 6.45) is 2.69. The number of hydrogen-bond acceptors (Lipinski definition) is 2. The third-order valence-electron chi connectivity index (χ3n) is 2.51. The Morgan fingerprint density at radius 3 is 2.46 bits per heavy atom. The van der Waals surface area contributed by atoms with E-state index in [1.807, 2.05) is 6.92 Å². The van der Waals surface area contributed by atoms with Gasteiger partial charge in [0, 0.05) is 5.54 Å². The van der Waals surface area contributed by atoms with Crippen molar-refractivity contribution >= 4 is 5.97 Å². The quantitative estimate of drug-likeness (QED) is 0.706. The molecule has 0 saturated heterocycles. The van der Waals surface area contributed by atoms with E-state index in [-0.39, 0.29) is 5.54 Å². The van der Waals surface area contributed by atoms with E-state index in [1.165, 1.54) is 0 Å². The average Bonchev–Trinajstić information content (AvgIpc) is 1.97. The van der Waals surface area contributed by atoms with Gasteiger partial charge >= 0.3 is 11.9 Å². The molecule has 0 aliphatic heterocycles. The van der Waals surface area contributed by atoms with Crippen LogP contribution in [0.4, 0.5) is 8.78 Å². The first-order valence-corrected chi connectivity index (χ1v) is 4.22. The lowest BCUT2D eigenvalue weighted by Gasteiger charge is -2.40. The van der Waals surface area contributed by atoms with E-state index in [9.17, 15) is 13.6 Å². The summed E-state index contributed by atoms with van der Waals surface area (Å²) in [4.78, 5) is 10.1. The van der Waals surface area contributed by atoms with Crippen LogP contribution in [0.2, 0.25) is 0 Å². The Morgan fingerprint density at radius 1 is 1.62 bits per heavy atom. The van der Waals surface area contributed by atoms with Crippen LogP contribution in [0, 0.1) is 0 Å². The molecule has 0 unspecified atom stereocenters. The predicted molar refractivity (Wildman–Crippen MR) is 42.8 cm³/mol. The maximum absolute atomic E-state index is 12.6. The molecule has 0 bridgehead atoms. The van der Waals surface area contributed by atoms with Crippen molar-refractivity contribution in [2.75, 3.05) is 6.54 Å². The van der Waals surface area contributed by atoms with Gasteiger partial charge in [-0.15, -0.1) is 0 Å². The van der Waals surface area contributed by atoms with Gasteiger partial charge in [-0.2, -0.15) is 8.78 Å². The maximum Gasteiger partial charge on any atom is 0.375 e. The summed E-state index contributed by atoms with van der Waals surface area (Å²) in [6, 6.07) is 0. The predicted octanol–water partition coefficient (Wildman–Crippen LogP) is 1.24. The Hall–Kier alpha value is -0.710. The first-order chi connectivity index (χ1) is 5.86. The Kier molecular flexibility index (Phi) is 2.56. The summed E-state index contributed by atoms with van der Waals surface area (Å²) in [5.41, 5.74) is -0.279. The molecule has 1 aliphatic carbocycles. The SMILES string of the molecule is CC1(NCC(F)(F)C(=O)O)CCC1. The molecule has 0 amide bonds. The summed E-state index contributed by atoms with van der Waals surface area (Å²) in [5, 5.41) is 10.7. The largest absolute Gasteiger partial charge is 0.477 e. The van der Waals surface area contributed by atoms with Crippen molar-refractivity contribution in [2.24, 2.45) is 0 Å². The molecule has 0 atom stereocenters. The minimum Gasteiger partial charge on any atom is -0.477 e. The van der Waals surface area contributed by atoms with Crippen LogP contribution in [-0.2, 0) is 4.79 Å². The molecule has 3 nitrogen and oxygen atoms in total. The topological polar surface area (TPSA) is 49.3 Å². The second kappa shape index (κ2) is 3.21. The van der Waals surface area contributed by atoms with Crippen molar-refractivity contribution in [2.45, 2.75) is 37.6 Å². The smallest absolute Gasteiger partial charge is 0.375 e. The molecule has 1 saturated carbocycles. The molecular weight excluding hydrogens is 180 g/mol. The van der Waals surface area contributed by atoms with Crippen LogP contribution in [0.25, 0.3) is 0 Å². The van der Waals surface area contributed by atoms with Gasteiger partial charge in [0.25, 0.3) is 0 Å². The van der Waals surface area contributed by atoms with Gasteiger partial charge in [0.2, 0.25) is 0 Å². The van der Waals surface area contributed by atoms with Gasteiger partial charge in [-0.3, -0.25) is 0 Å². The molecule has 0 spiro atoms. The van der Waals surface area contributed by atoms with E-state index in [1.54, 1.807) is 0 Å². The minimum atomic E-state index is -3.65. The summed E-state index contributed by atoms with van der Waals surface area (Å²) < 4.78 is 25.2. The number of alkyl halides is 2. The number of nitrogens with one attached hydrogen (secondary N) is 1. The highest BCUT2D eigenvalue weighted by Gasteiger charge is 2.42. The van der Waals surface area contributed by atoms with Crippen molar-refractivity contribution in [3.05, 3.63) is 0 Å². The van der Waals surface area contributed by atoms with Crippen LogP contribution >= 0.6 is 0 Å². The molecule has 2 N–H and O–H groups in total. The molecule has 0 aromatic carbocycles. The Labute approximate surface area is 75.1 Å². The van der Waals surface area contributed by atoms with Gasteiger partial charge in [0.1, 0.15) is 0 Å². The van der Waals surface area contributed by atoms with Gasteiger partial charge in [-0.1, -0.05) is 0 Å². The Balaban J connectivity index is 2.37. The van der Waals surface area contributed by atoms with E-state index in [0.29, 0.717) is 0 Å².